The van der Waals surface area contributed by atoms with Crippen LogP contribution in [0.1, 0.15) is 38.8 Å². The predicted molar refractivity (Wildman–Crippen MR) is 105 cm³/mol. The van der Waals surface area contributed by atoms with E-state index >= 15 is 0 Å². The van der Waals surface area contributed by atoms with Crippen molar-refractivity contribution >= 4 is 23.1 Å². The maximum Gasteiger partial charge on any atom is 0.159 e. The molecule has 0 saturated carbocycles. The van der Waals surface area contributed by atoms with E-state index in [1.807, 2.05) is 36.4 Å². The van der Waals surface area contributed by atoms with Crippen LogP contribution in [0.2, 0.25) is 0 Å². The average molecular weight is 416 g/mol. The van der Waals surface area contributed by atoms with Gasteiger partial charge in [-0.1, -0.05) is 60.7 Å². The van der Waals surface area contributed by atoms with Gasteiger partial charge in [-0.2, -0.15) is 0 Å². The molecule has 0 unspecified atom stereocenters. The van der Waals surface area contributed by atoms with Crippen molar-refractivity contribution in [1.29, 1.82) is 0 Å². The van der Waals surface area contributed by atoms with Gasteiger partial charge in [0.25, 0.3) is 0 Å². The SMILES string of the molecule is CC(=O)/C(C)=C(\O)c1ccccc1.CC(=O)/C(C)=C(\O)c1ccccc1.[Cu]. The molecule has 0 aliphatic carbocycles. The van der Waals surface area contributed by atoms with Crippen molar-refractivity contribution < 1.29 is 36.9 Å². The van der Waals surface area contributed by atoms with Gasteiger partial charge in [0.1, 0.15) is 11.5 Å². The second-order valence-electron chi connectivity index (χ2n) is 5.79. The van der Waals surface area contributed by atoms with E-state index < -0.39 is 0 Å². The molecule has 0 spiro atoms. The zero-order valence-electron chi connectivity index (χ0n) is 15.8. The summed E-state index contributed by atoms with van der Waals surface area (Å²) in [5.74, 6) is -0.0936. The molecule has 0 aliphatic heterocycles. The second kappa shape index (κ2) is 11.9. The molecule has 2 N–H and O–H groups in total. The number of rotatable bonds is 4. The van der Waals surface area contributed by atoms with E-state index in [0.29, 0.717) is 22.3 Å². The largest absolute Gasteiger partial charge is 0.507 e. The number of hydrogen-bond acceptors (Lipinski definition) is 4. The van der Waals surface area contributed by atoms with Gasteiger partial charge >= 0.3 is 0 Å². The molecule has 0 amide bonds. The second-order valence-corrected chi connectivity index (χ2v) is 5.79. The van der Waals surface area contributed by atoms with Crippen molar-refractivity contribution in [2.24, 2.45) is 0 Å². The van der Waals surface area contributed by atoms with Crippen LogP contribution in [0.3, 0.4) is 0 Å². The monoisotopic (exact) mass is 415 g/mol. The first-order valence-electron chi connectivity index (χ1n) is 8.18. The average Bonchev–Trinajstić information content (AvgIpc) is 2.67. The number of aliphatic hydroxyl groups excluding tert-OH is 2. The first-order chi connectivity index (χ1) is 12.3. The molecular formula is C22H24CuO4. The van der Waals surface area contributed by atoms with Crippen LogP contribution in [0.5, 0.6) is 0 Å². The Balaban J connectivity index is 0.000000483. The normalized spacial score (nSPS) is 11.7. The molecule has 0 aromatic heterocycles. The first kappa shape index (κ1) is 24.4. The summed E-state index contributed by atoms with van der Waals surface area (Å²) in [6.45, 7) is 6.11. The fourth-order valence-corrected chi connectivity index (χ4v) is 1.96. The topological polar surface area (TPSA) is 74.6 Å². The Morgan fingerprint density at radius 3 is 1.07 bits per heavy atom. The summed E-state index contributed by atoms with van der Waals surface area (Å²) in [4.78, 5) is 21.9. The molecule has 0 fully saturated rings. The van der Waals surface area contributed by atoms with E-state index in [1.54, 1.807) is 38.1 Å². The summed E-state index contributed by atoms with van der Waals surface area (Å²) in [6.07, 6.45) is 0. The molecule has 147 valence electrons. The van der Waals surface area contributed by atoms with Crippen molar-refractivity contribution in [1.82, 2.24) is 0 Å². The first-order valence-corrected chi connectivity index (χ1v) is 8.18. The van der Waals surface area contributed by atoms with Crippen LogP contribution in [-0.2, 0) is 26.7 Å². The number of carbonyl (C=O) groups is 2. The molecule has 0 aliphatic rings. The van der Waals surface area contributed by atoms with E-state index in [9.17, 15) is 19.8 Å². The Kier molecular flexibility index (Phi) is 10.7. The van der Waals surface area contributed by atoms with Gasteiger partial charge in [-0.25, -0.2) is 0 Å². The standard InChI is InChI=1S/2C11H12O2.Cu/c2*1-8(9(2)12)11(13)10-6-4-3-5-7-10;/h2*3-7,13H,1-2H3;/b2*11-8-;. The molecule has 2 aromatic rings. The van der Waals surface area contributed by atoms with Crippen LogP contribution in [0, 0.1) is 0 Å². The minimum Gasteiger partial charge on any atom is -0.507 e. The van der Waals surface area contributed by atoms with Gasteiger partial charge < -0.3 is 10.2 Å². The zero-order chi connectivity index (χ0) is 19.7. The number of allylic oxidation sites excluding steroid dienone is 2. The summed E-state index contributed by atoms with van der Waals surface area (Å²) in [7, 11) is 0. The Morgan fingerprint density at radius 1 is 0.593 bits per heavy atom. The van der Waals surface area contributed by atoms with E-state index in [2.05, 4.69) is 0 Å². The molecule has 0 atom stereocenters. The zero-order valence-corrected chi connectivity index (χ0v) is 16.7. The number of aliphatic hydroxyl groups is 2. The van der Waals surface area contributed by atoms with Crippen molar-refractivity contribution in [3.05, 3.63) is 82.9 Å². The third-order valence-corrected chi connectivity index (χ3v) is 3.86. The van der Waals surface area contributed by atoms with Crippen molar-refractivity contribution in [3.8, 4) is 0 Å². The third kappa shape index (κ3) is 7.65. The maximum absolute atomic E-state index is 10.9. The Bertz CT molecular complexity index is 750. The number of benzene rings is 2. The van der Waals surface area contributed by atoms with E-state index in [0.717, 1.165) is 0 Å². The van der Waals surface area contributed by atoms with E-state index in [1.165, 1.54) is 13.8 Å². The van der Waals surface area contributed by atoms with Crippen molar-refractivity contribution in [3.63, 3.8) is 0 Å². The van der Waals surface area contributed by atoms with Gasteiger partial charge in [-0.05, 0) is 27.7 Å². The van der Waals surface area contributed by atoms with Gasteiger partial charge in [-0.15, -0.1) is 0 Å². The number of hydrogen-bond donors (Lipinski definition) is 2. The van der Waals surface area contributed by atoms with Crippen molar-refractivity contribution in [2.45, 2.75) is 27.7 Å². The molecule has 1 radical (unpaired) electrons. The fraction of sp³-hybridized carbons (Fsp3) is 0.182. The molecular weight excluding hydrogens is 392 g/mol. The summed E-state index contributed by atoms with van der Waals surface area (Å²) in [5, 5.41) is 19.2. The molecule has 0 saturated heterocycles. The molecule has 0 heterocycles. The molecule has 5 heteroatoms. The van der Waals surface area contributed by atoms with Crippen LogP contribution in [0.15, 0.2) is 71.8 Å². The van der Waals surface area contributed by atoms with E-state index in [4.69, 9.17) is 0 Å². The molecule has 2 aromatic carbocycles. The quantitative estimate of drug-likeness (QED) is 0.412. The van der Waals surface area contributed by atoms with Gasteiger partial charge in [0.05, 0.1) is 0 Å². The summed E-state index contributed by atoms with van der Waals surface area (Å²) in [6, 6.07) is 18.1. The predicted octanol–water partition coefficient (Wildman–Crippen LogP) is 5.13. The summed E-state index contributed by atoms with van der Waals surface area (Å²) < 4.78 is 0. The molecule has 27 heavy (non-hydrogen) atoms. The molecule has 4 nitrogen and oxygen atoms in total. The maximum atomic E-state index is 10.9. The number of ketones is 2. The Labute approximate surface area is 170 Å². The Morgan fingerprint density at radius 2 is 0.852 bits per heavy atom. The summed E-state index contributed by atoms with van der Waals surface area (Å²) >= 11 is 0. The molecule has 2 rings (SSSR count). The van der Waals surface area contributed by atoms with Crippen LogP contribution < -0.4 is 0 Å². The van der Waals surface area contributed by atoms with Crippen LogP contribution in [0.4, 0.5) is 0 Å². The van der Waals surface area contributed by atoms with Crippen LogP contribution in [0.25, 0.3) is 11.5 Å². The number of carbonyl (C=O) groups excluding carboxylic acids is 2. The van der Waals surface area contributed by atoms with Crippen LogP contribution >= 0.6 is 0 Å². The third-order valence-electron chi connectivity index (χ3n) is 3.86. The van der Waals surface area contributed by atoms with Gasteiger partial charge in [0, 0.05) is 39.3 Å². The van der Waals surface area contributed by atoms with E-state index in [-0.39, 0.29) is 40.2 Å². The molecule has 0 bridgehead atoms. The van der Waals surface area contributed by atoms with Gasteiger partial charge in [0.2, 0.25) is 0 Å². The smallest absolute Gasteiger partial charge is 0.159 e. The minimum atomic E-state index is -0.110. The van der Waals surface area contributed by atoms with Crippen molar-refractivity contribution in [2.75, 3.05) is 0 Å². The summed E-state index contributed by atoms with van der Waals surface area (Å²) in [5.41, 5.74) is 2.14. The minimum absolute atomic E-state index is 0. The van der Waals surface area contributed by atoms with Gasteiger partial charge in [0.15, 0.2) is 11.6 Å². The van der Waals surface area contributed by atoms with Gasteiger partial charge in [-0.3, -0.25) is 9.59 Å². The Hall–Kier alpha value is -2.62. The fourth-order valence-electron chi connectivity index (χ4n) is 1.96. The van der Waals surface area contributed by atoms with Crippen LogP contribution in [-0.4, -0.2) is 21.8 Å². The number of Topliss-reactive ketones (excluding diaryl/α,β-unsaturated/α-hetero) is 2.